The van der Waals surface area contributed by atoms with Crippen LogP contribution in [0.15, 0.2) is 71.1 Å². The molecule has 128 valence electrons. The van der Waals surface area contributed by atoms with E-state index in [4.69, 9.17) is 0 Å². The van der Waals surface area contributed by atoms with Gasteiger partial charge in [-0.2, -0.15) is 0 Å². The van der Waals surface area contributed by atoms with Gasteiger partial charge in [0.1, 0.15) is 5.01 Å². The fourth-order valence-electron chi connectivity index (χ4n) is 2.18. The third-order valence-electron chi connectivity index (χ3n) is 3.34. The molecule has 0 aliphatic carbocycles. The van der Waals surface area contributed by atoms with E-state index < -0.39 is 16.1 Å². The Morgan fingerprint density at radius 3 is 2.60 bits per heavy atom. The highest BCUT2D eigenvalue weighted by molar-refractivity contribution is 7.90. The van der Waals surface area contributed by atoms with Crippen LogP contribution >= 0.6 is 11.3 Å². The first-order valence-corrected chi connectivity index (χ1v) is 9.75. The molecule has 3 aromatic rings. The Balaban J connectivity index is 1.62. The van der Waals surface area contributed by atoms with Gasteiger partial charge in [0.25, 0.3) is 10.0 Å². The lowest BCUT2D eigenvalue weighted by Crippen LogP contribution is -2.39. The number of nitrogens with zero attached hydrogens (tertiary/aromatic N) is 1. The van der Waals surface area contributed by atoms with Crippen molar-refractivity contribution in [3.8, 4) is 10.6 Å². The van der Waals surface area contributed by atoms with Gasteiger partial charge in [-0.3, -0.25) is 0 Å². The molecular formula is C17H15N3O3S2. The summed E-state index contributed by atoms with van der Waals surface area (Å²) in [6, 6.07) is 14.5. The second-order valence-electron chi connectivity index (χ2n) is 5.14. The minimum absolute atomic E-state index is 0.0379. The van der Waals surface area contributed by atoms with Gasteiger partial charge in [-0.15, -0.1) is 11.3 Å². The van der Waals surface area contributed by atoms with Gasteiger partial charge in [-0.25, -0.2) is 22.9 Å². The summed E-state index contributed by atoms with van der Waals surface area (Å²) in [5, 5.41) is 5.33. The van der Waals surface area contributed by atoms with Gasteiger partial charge in [0.2, 0.25) is 0 Å². The van der Waals surface area contributed by atoms with Crippen LogP contribution in [-0.4, -0.2) is 19.4 Å². The second kappa shape index (κ2) is 7.45. The molecule has 0 atom stereocenters. The molecule has 0 bridgehead atoms. The van der Waals surface area contributed by atoms with E-state index in [2.05, 4.69) is 10.3 Å². The minimum Gasteiger partial charge on any atom is -0.333 e. The Kier molecular flexibility index (Phi) is 5.11. The molecule has 0 fully saturated rings. The summed E-state index contributed by atoms with van der Waals surface area (Å²) >= 11 is 1.52. The van der Waals surface area contributed by atoms with Crippen molar-refractivity contribution < 1.29 is 13.2 Å². The first-order chi connectivity index (χ1) is 12.0. The first kappa shape index (κ1) is 17.1. The van der Waals surface area contributed by atoms with Crippen molar-refractivity contribution in [3.05, 3.63) is 71.7 Å². The monoisotopic (exact) mass is 373 g/mol. The van der Waals surface area contributed by atoms with E-state index in [1.807, 2.05) is 34.4 Å². The standard InChI is InChI=1S/C17H15N3O3S2/c21-17(20-25(22,23)15-7-2-1-3-8-15)19-12-13-5-4-6-14(11-13)16-18-9-10-24-16/h1-11H,12H2,(H2,19,20,21). The summed E-state index contributed by atoms with van der Waals surface area (Å²) in [5.41, 5.74) is 1.80. The van der Waals surface area contributed by atoms with Crippen molar-refractivity contribution in [2.75, 3.05) is 0 Å². The number of hydrogen-bond donors (Lipinski definition) is 2. The van der Waals surface area contributed by atoms with Gasteiger partial charge < -0.3 is 5.32 Å². The molecule has 2 aromatic carbocycles. The Labute approximate surface area is 149 Å². The number of carbonyl (C=O) groups is 1. The highest BCUT2D eigenvalue weighted by Gasteiger charge is 2.16. The number of benzene rings is 2. The molecule has 0 unspecified atom stereocenters. The molecule has 1 aromatic heterocycles. The van der Waals surface area contributed by atoms with Crippen LogP contribution in [0, 0.1) is 0 Å². The van der Waals surface area contributed by atoms with Crippen LogP contribution in [0.2, 0.25) is 0 Å². The normalized spacial score (nSPS) is 11.0. The number of hydrogen-bond acceptors (Lipinski definition) is 5. The maximum absolute atomic E-state index is 12.1. The molecule has 6 nitrogen and oxygen atoms in total. The van der Waals surface area contributed by atoms with E-state index in [9.17, 15) is 13.2 Å². The van der Waals surface area contributed by atoms with Crippen molar-refractivity contribution >= 4 is 27.4 Å². The van der Waals surface area contributed by atoms with Crippen molar-refractivity contribution in [3.63, 3.8) is 0 Å². The molecule has 8 heteroatoms. The van der Waals surface area contributed by atoms with Gasteiger partial charge >= 0.3 is 6.03 Å². The third-order valence-corrected chi connectivity index (χ3v) is 5.51. The lowest BCUT2D eigenvalue weighted by Gasteiger charge is -2.09. The van der Waals surface area contributed by atoms with Crippen molar-refractivity contribution in [1.29, 1.82) is 0 Å². The fourth-order valence-corrected chi connectivity index (χ4v) is 3.76. The van der Waals surface area contributed by atoms with Gasteiger partial charge in [-0.1, -0.05) is 36.4 Å². The maximum atomic E-state index is 12.1. The summed E-state index contributed by atoms with van der Waals surface area (Å²) in [6.07, 6.45) is 1.73. The SMILES string of the molecule is O=C(NCc1cccc(-c2nccs2)c1)NS(=O)(=O)c1ccccc1. The summed E-state index contributed by atoms with van der Waals surface area (Å²) in [7, 11) is -3.88. The topological polar surface area (TPSA) is 88.2 Å². The molecule has 0 aliphatic heterocycles. The molecular weight excluding hydrogens is 358 g/mol. The molecule has 0 spiro atoms. The quantitative estimate of drug-likeness (QED) is 0.720. The van der Waals surface area contributed by atoms with Gasteiger partial charge in [0, 0.05) is 23.7 Å². The van der Waals surface area contributed by atoms with Crippen LogP contribution in [-0.2, 0) is 16.6 Å². The zero-order valence-electron chi connectivity index (χ0n) is 13.0. The maximum Gasteiger partial charge on any atom is 0.328 e. The summed E-state index contributed by atoms with van der Waals surface area (Å²) in [5.74, 6) is 0. The largest absolute Gasteiger partial charge is 0.333 e. The van der Waals surface area contributed by atoms with E-state index in [1.54, 1.807) is 24.4 Å². The van der Waals surface area contributed by atoms with E-state index >= 15 is 0 Å². The predicted molar refractivity (Wildman–Crippen MR) is 96.5 cm³/mol. The third kappa shape index (κ3) is 4.43. The molecule has 2 N–H and O–H groups in total. The first-order valence-electron chi connectivity index (χ1n) is 7.39. The van der Waals surface area contributed by atoms with E-state index in [0.717, 1.165) is 16.1 Å². The van der Waals surface area contributed by atoms with Crippen molar-refractivity contribution in [2.24, 2.45) is 0 Å². The highest BCUT2D eigenvalue weighted by atomic mass is 32.2. The number of sulfonamides is 1. The summed E-state index contributed by atoms with van der Waals surface area (Å²) in [4.78, 5) is 16.2. The van der Waals surface area contributed by atoms with Crippen LogP contribution in [0.25, 0.3) is 10.6 Å². The number of nitrogens with one attached hydrogen (secondary N) is 2. The molecule has 0 aliphatic rings. The molecule has 0 radical (unpaired) electrons. The Morgan fingerprint density at radius 2 is 1.88 bits per heavy atom. The number of rotatable bonds is 5. The number of urea groups is 1. The smallest absolute Gasteiger partial charge is 0.328 e. The van der Waals surface area contributed by atoms with Crippen molar-refractivity contribution in [2.45, 2.75) is 11.4 Å². The average Bonchev–Trinajstić information content (AvgIpc) is 3.15. The molecule has 2 amide bonds. The molecule has 3 rings (SSSR count). The number of amides is 2. The van der Waals surface area contributed by atoms with Gasteiger partial charge in [0.05, 0.1) is 4.90 Å². The lowest BCUT2D eigenvalue weighted by molar-refractivity contribution is 0.245. The van der Waals surface area contributed by atoms with Gasteiger partial charge in [-0.05, 0) is 23.8 Å². The van der Waals surface area contributed by atoms with E-state index in [1.165, 1.54) is 23.5 Å². The second-order valence-corrected chi connectivity index (χ2v) is 7.72. The zero-order chi connectivity index (χ0) is 17.7. The van der Waals surface area contributed by atoms with Crippen LogP contribution < -0.4 is 10.0 Å². The Bertz CT molecular complexity index is 956. The van der Waals surface area contributed by atoms with E-state index in [0.29, 0.717) is 0 Å². The van der Waals surface area contributed by atoms with Crippen LogP contribution in [0.1, 0.15) is 5.56 Å². The number of carbonyl (C=O) groups excluding carboxylic acids is 1. The number of thiazole rings is 1. The van der Waals surface area contributed by atoms with E-state index in [-0.39, 0.29) is 11.4 Å². The lowest BCUT2D eigenvalue weighted by atomic mass is 10.1. The van der Waals surface area contributed by atoms with Crippen LogP contribution in [0.5, 0.6) is 0 Å². The van der Waals surface area contributed by atoms with Crippen LogP contribution in [0.3, 0.4) is 0 Å². The highest BCUT2D eigenvalue weighted by Crippen LogP contribution is 2.22. The average molecular weight is 373 g/mol. The summed E-state index contributed by atoms with van der Waals surface area (Å²) < 4.78 is 26.2. The molecule has 25 heavy (non-hydrogen) atoms. The Hall–Kier alpha value is -2.71. The molecule has 0 saturated heterocycles. The minimum atomic E-state index is -3.88. The fraction of sp³-hybridized carbons (Fsp3) is 0.0588. The Morgan fingerprint density at radius 1 is 1.08 bits per heavy atom. The summed E-state index contributed by atoms with van der Waals surface area (Å²) in [6.45, 7) is 0.204. The van der Waals surface area contributed by atoms with Gasteiger partial charge in [0.15, 0.2) is 0 Å². The van der Waals surface area contributed by atoms with Crippen LogP contribution in [0.4, 0.5) is 4.79 Å². The number of aromatic nitrogens is 1. The molecule has 0 saturated carbocycles. The van der Waals surface area contributed by atoms with Crippen molar-refractivity contribution in [1.82, 2.24) is 15.0 Å². The zero-order valence-corrected chi connectivity index (χ0v) is 14.7. The molecule has 1 heterocycles. The predicted octanol–water partition coefficient (Wildman–Crippen LogP) is 3.00.